The molecule has 0 saturated heterocycles. The molecule has 0 aliphatic heterocycles. The fourth-order valence-corrected chi connectivity index (χ4v) is 2.52. The molecule has 0 spiro atoms. The number of aromatic nitrogens is 2. The Balaban J connectivity index is 2.17. The van der Waals surface area contributed by atoms with Crippen LogP contribution in [0, 0.1) is 5.82 Å². The van der Waals surface area contributed by atoms with Crippen molar-refractivity contribution < 1.29 is 4.39 Å². The van der Waals surface area contributed by atoms with Gasteiger partial charge in [0.05, 0.1) is 0 Å². The maximum Gasteiger partial charge on any atom is 0.132 e. The molecular formula is C14H15ClFN3. The van der Waals surface area contributed by atoms with E-state index >= 15 is 0 Å². The summed E-state index contributed by atoms with van der Waals surface area (Å²) in [5, 5.41) is 0.481. The average molecular weight is 280 g/mol. The van der Waals surface area contributed by atoms with Crippen LogP contribution < -0.4 is 5.73 Å². The van der Waals surface area contributed by atoms with E-state index in [2.05, 4.69) is 4.98 Å². The highest BCUT2D eigenvalue weighted by Crippen LogP contribution is 2.42. The SMILES string of the molecule is CCn1c(C2CC2)nc(-c2cc(Cl)ccc2F)c1N. The minimum absolute atomic E-state index is 0.348. The van der Waals surface area contributed by atoms with Crippen molar-refractivity contribution in [1.82, 2.24) is 9.55 Å². The molecule has 0 radical (unpaired) electrons. The molecule has 19 heavy (non-hydrogen) atoms. The van der Waals surface area contributed by atoms with Crippen molar-refractivity contribution in [3.05, 3.63) is 34.9 Å². The van der Waals surface area contributed by atoms with Crippen LogP contribution in [0.1, 0.15) is 31.5 Å². The zero-order chi connectivity index (χ0) is 13.6. The third-order valence-electron chi connectivity index (χ3n) is 3.48. The van der Waals surface area contributed by atoms with Crippen molar-refractivity contribution in [2.75, 3.05) is 5.73 Å². The summed E-state index contributed by atoms with van der Waals surface area (Å²) < 4.78 is 15.9. The number of rotatable bonds is 3. The van der Waals surface area contributed by atoms with E-state index in [1.807, 2.05) is 11.5 Å². The number of hydrogen-bond acceptors (Lipinski definition) is 2. The van der Waals surface area contributed by atoms with Crippen molar-refractivity contribution in [2.24, 2.45) is 0 Å². The standard InChI is InChI=1S/C14H15ClFN3/c1-2-19-13(17)12(18-14(19)8-3-4-8)10-7-9(15)5-6-11(10)16/h5-8H,2-4,17H2,1H3. The summed E-state index contributed by atoms with van der Waals surface area (Å²) in [5.74, 6) is 1.61. The predicted molar refractivity (Wildman–Crippen MR) is 74.7 cm³/mol. The van der Waals surface area contributed by atoms with Crippen LogP contribution in [0.25, 0.3) is 11.3 Å². The molecule has 1 aromatic carbocycles. The molecule has 1 saturated carbocycles. The van der Waals surface area contributed by atoms with E-state index in [4.69, 9.17) is 17.3 Å². The first-order valence-corrected chi connectivity index (χ1v) is 6.81. The molecule has 3 rings (SSSR count). The molecule has 1 aliphatic rings. The number of nitrogen functional groups attached to an aromatic ring is 1. The maximum atomic E-state index is 13.9. The monoisotopic (exact) mass is 279 g/mol. The van der Waals surface area contributed by atoms with Gasteiger partial charge in [0.15, 0.2) is 0 Å². The number of benzene rings is 1. The zero-order valence-electron chi connectivity index (χ0n) is 10.7. The molecule has 1 aromatic heterocycles. The molecule has 2 N–H and O–H groups in total. The van der Waals surface area contributed by atoms with Crippen molar-refractivity contribution in [3.63, 3.8) is 0 Å². The quantitative estimate of drug-likeness (QED) is 0.928. The van der Waals surface area contributed by atoms with Crippen molar-refractivity contribution in [2.45, 2.75) is 32.2 Å². The summed E-state index contributed by atoms with van der Waals surface area (Å²) in [4.78, 5) is 4.55. The van der Waals surface area contributed by atoms with E-state index in [0.29, 0.717) is 28.0 Å². The van der Waals surface area contributed by atoms with Crippen LogP contribution in [0.5, 0.6) is 0 Å². The minimum atomic E-state index is -0.348. The number of anilines is 1. The molecule has 0 unspecified atom stereocenters. The van der Waals surface area contributed by atoms with Crippen LogP contribution >= 0.6 is 11.6 Å². The molecule has 0 amide bonds. The van der Waals surface area contributed by atoms with Crippen LogP contribution in [0.4, 0.5) is 10.2 Å². The average Bonchev–Trinajstić information content (AvgIpc) is 3.17. The molecule has 100 valence electrons. The van der Waals surface area contributed by atoms with E-state index in [0.717, 1.165) is 25.2 Å². The summed E-state index contributed by atoms with van der Waals surface area (Å²) in [5.41, 5.74) is 7.00. The Hall–Kier alpha value is -1.55. The number of halogens is 2. The Morgan fingerprint density at radius 2 is 2.21 bits per heavy atom. The lowest BCUT2D eigenvalue weighted by Crippen LogP contribution is -2.04. The Labute approximate surface area is 116 Å². The Morgan fingerprint density at radius 3 is 2.84 bits per heavy atom. The molecular weight excluding hydrogens is 265 g/mol. The van der Waals surface area contributed by atoms with Gasteiger partial charge < -0.3 is 10.3 Å². The molecule has 1 aliphatic carbocycles. The highest BCUT2D eigenvalue weighted by Gasteiger charge is 2.31. The first-order chi connectivity index (χ1) is 9.11. The van der Waals surface area contributed by atoms with E-state index in [-0.39, 0.29) is 5.82 Å². The highest BCUT2D eigenvalue weighted by atomic mass is 35.5. The van der Waals surface area contributed by atoms with E-state index in [1.54, 1.807) is 6.07 Å². The fourth-order valence-electron chi connectivity index (χ4n) is 2.35. The summed E-state index contributed by atoms with van der Waals surface area (Å²) in [6.45, 7) is 2.76. The molecule has 2 aromatic rings. The van der Waals surface area contributed by atoms with Crippen LogP contribution in [0.2, 0.25) is 5.02 Å². The summed E-state index contributed by atoms with van der Waals surface area (Å²) in [6.07, 6.45) is 2.27. The Kier molecular flexibility index (Phi) is 2.97. The van der Waals surface area contributed by atoms with Gasteiger partial charge >= 0.3 is 0 Å². The normalized spacial score (nSPS) is 14.9. The largest absolute Gasteiger partial charge is 0.383 e. The van der Waals surface area contributed by atoms with Gasteiger partial charge in [0.25, 0.3) is 0 Å². The van der Waals surface area contributed by atoms with Gasteiger partial charge in [0.1, 0.15) is 23.2 Å². The predicted octanol–water partition coefficient (Wildman–Crippen LogP) is 3.82. The lowest BCUT2D eigenvalue weighted by Gasteiger charge is -2.05. The van der Waals surface area contributed by atoms with Gasteiger partial charge in [-0.1, -0.05) is 11.6 Å². The third kappa shape index (κ3) is 2.10. The second-order valence-corrected chi connectivity index (χ2v) is 5.28. The molecule has 5 heteroatoms. The number of nitrogens with two attached hydrogens (primary N) is 1. The molecule has 0 bridgehead atoms. The number of hydrogen-bond donors (Lipinski definition) is 1. The zero-order valence-corrected chi connectivity index (χ0v) is 11.4. The molecule has 3 nitrogen and oxygen atoms in total. The van der Waals surface area contributed by atoms with Gasteiger partial charge in [0.2, 0.25) is 0 Å². The molecule has 1 fully saturated rings. The van der Waals surface area contributed by atoms with Gasteiger partial charge in [0, 0.05) is 23.0 Å². The van der Waals surface area contributed by atoms with E-state index in [1.165, 1.54) is 12.1 Å². The smallest absolute Gasteiger partial charge is 0.132 e. The van der Waals surface area contributed by atoms with Crippen LogP contribution in [0.15, 0.2) is 18.2 Å². The van der Waals surface area contributed by atoms with E-state index < -0.39 is 0 Å². The van der Waals surface area contributed by atoms with Crippen molar-refractivity contribution in [3.8, 4) is 11.3 Å². The van der Waals surface area contributed by atoms with E-state index in [9.17, 15) is 4.39 Å². The van der Waals surface area contributed by atoms with Gasteiger partial charge in [-0.25, -0.2) is 9.37 Å². The van der Waals surface area contributed by atoms with Crippen molar-refractivity contribution >= 4 is 17.4 Å². The fraction of sp³-hybridized carbons (Fsp3) is 0.357. The summed E-state index contributed by atoms with van der Waals surface area (Å²) in [6, 6.07) is 4.44. The number of imidazole rings is 1. The summed E-state index contributed by atoms with van der Waals surface area (Å²) >= 11 is 5.93. The van der Waals surface area contributed by atoms with Gasteiger partial charge in [-0.05, 0) is 38.0 Å². The minimum Gasteiger partial charge on any atom is -0.383 e. The second-order valence-electron chi connectivity index (χ2n) is 4.85. The first kappa shape index (κ1) is 12.5. The van der Waals surface area contributed by atoms with Gasteiger partial charge in [-0.15, -0.1) is 0 Å². The third-order valence-corrected chi connectivity index (χ3v) is 3.71. The topological polar surface area (TPSA) is 43.8 Å². The lowest BCUT2D eigenvalue weighted by atomic mass is 10.1. The highest BCUT2D eigenvalue weighted by molar-refractivity contribution is 6.30. The molecule has 1 heterocycles. The lowest BCUT2D eigenvalue weighted by molar-refractivity contribution is 0.631. The first-order valence-electron chi connectivity index (χ1n) is 6.43. The number of nitrogens with zero attached hydrogens (tertiary/aromatic N) is 2. The van der Waals surface area contributed by atoms with Crippen LogP contribution in [-0.4, -0.2) is 9.55 Å². The van der Waals surface area contributed by atoms with Crippen molar-refractivity contribution in [1.29, 1.82) is 0 Å². The van der Waals surface area contributed by atoms with Gasteiger partial charge in [-0.2, -0.15) is 0 Å². The maximum absolute atomic E-state index is 13.9. The van der Waals surface area contributed by atoms with Crippen LogP contribution in [-0.2, 0) is 6.54 Å². The summed E-state index contributed by atoms with van der Waals surface area (Å²) in [7, 11) is 0. The second kappa shape index (κ2) is 4.53. The Morgan fingerprint density at radius 1 is 1.47 bits per heavy atom. The Bertz CT molecular complexity index is 632. The molecule has 0 atom stereocenters. The van der Waals surface area contributed by atoms with Gasteiger partial charge in [-0.3, -0.25) is 0 Å². The van der Waals surface area contributed by atoms with Crippen LogP contribution in [0.3, 0.4) is 0 Å².